The lowest BCUT2D eigenvalue weighted by Crippen LogP contribution is -2.57. The molecule has 1 heterocycles. The minimum atomic E-state index is -3.60. The van der Waals surface area contributed by atoms with Crippen LogP contribution in [0.2, 0.25) is 0 Å². The highest BCUT2D eigenvalue weighted by Gasteiger charge is 2.67. The van der Waals surface area contributed by atoms with E-state index in [0.717, 1.165) is 22.9 Å². The predicted octanol–water partition coefficient (Wildman–Crippen LogP) is 2.80. The zero-order chi connectivity index (χ0) is 20.7. The second-order valence-electron chi connectivity index (χ2n) is 7.72. The third kappa shape index (κ3) is 3.17. The van der Waals surface area contributed by atoms with Gasteiger partial charge >= 0.3 is 5.97 Å². The highest BCUT2D eigenvalue weighted by molar-refractivity contribution is 7.85. The van der Waals surface area contributed by atoms with E-state index in [4.69, 9.17) is 13.7 Å². The molecule has 2 aliphatic rings. The van der Waals surface area contributed by atoms with Gasteiger partial charge in [-0.2, -0.15) is 8.42 Å². The molecular weight excluding hydrogens is 392 g/mol. The highest BCUT2D eigenvalue weighted by atomic mass is 32.2. The first-order chi connectivity index (χ1) is 13.8. The number of hydrogen-bond acceptors (Lipinski definition) is 6. The molecule has 1 aliphatic carbocycles. The van der Waals surface area contributed by atoms with E-state index in [1.807, 2.05) is 54.6 Å². The SMILES string of the molecule is COC(=O)[C@@]12CC[C@@H](COS(C)(=O)=O)O[C@]1(c1ccccc1)c1ccccc1C2. The number of rotatable bonds is 5. The summed E-state index contributed by atoms with van der Waals surface area (Å²) < 4.78 is 40.0. The average Bonchev–Trinajstić information content (AvgIpc) is 3.03. The quantitative estimate of drug-likeness (QED) is 0.551. The summed E-state index contributed by atoms with van der Waals surface area (Å²) in [6.07, 6.45) is 2.04. The van der Waals surface area contributed by atoms with E-state index < -0.39 is 27.2 Å². The van der Waals surface area contributed by atoms with E-state index in [9.17, 15) is 13.2 Å². The van der Waals surface area contributed by atoms with Crippen LogP contribution in [-0.2, 0) is 40.6 Å². The zero-order valence-electron chi connectivity index (χ0n) is 16.5. The normalized spacial score (nSPS) is 28.4. The van der Waals surface area contributed by atoms with Crippen molar-refractivity contribution in [2.45, 2.75) is 31.0 Å². The van der Waals surface area contributed by atoms with Crippen LogP contribution in [0, 0.1) is 5.41 Å². The molecule has 2 aromatic carbocycles. The third-order valence-electron chi connectivity index (χ3n) is 6.02. The van der Waals surface area contributed by atoms with Gasteiger partial charge in [0.1, 0.15) is 11.0 Å². The van der Waals surface area contributed by atoms with Gasteiger partial charge in [0.05, 0.1) is 26.1 Å². The number of carbonyl (C=O) groups is 1. The monoisotopic (exact) mass is 416 g/mol. The van der Waals surface area contributed by atoms with E-state index in [-0.39, 0.29) is 12.6 Å². The molecule has 0 unspecified atom stereocenters. The van der Waals surface area contributed by atoms with Gasteiger partial charge in [-0.05, 0) is 36.0 Å². The number of ether oxygens (including phenoxy) is 2. The van der Waals surface area contributed by atoms with Crippen LogP contribution in [-0.4, -0.2) is 40.5 Å². The van der Waals surface area contributed by atoms with Crippen LogP contribution < -0.4 is 0 Å². The lowest BCUT2D eigenvalue weighted by Gasteiger charge is -2.50. The highest BCUT2D eigenvalue weighted by Crippen LogP contribution is 2.62. The predicted molar refractivity (Wildman–Crippen MR) is 107 cm³/mol. The van der Waals surface area contributed by atoms with Crippen molar-refractivity contribution in [1.29, 1.82) is 0 Å². The maximum absolute atomic E-state index is 13.2. The van der Waals surface area contributed by atoms with Crippen LogP contribution in [0.3, 0.4) is 0 Å². The van der Waals surface area contributed by atoms with E-state index in [2.05, 4.69) is 0 Å². The first kappa shape index (κ1) is 20.1. The van der Waals surface area contributed by atoms with Crippen LogP contribution in [0.5, 0.6) is 0 Å². The number of esters is 1. The summed E-state index contributed by atoms with van der Waals surface area (Å²) in [7, 11) is -2.20. The Morgan fingerprint density at radius 3 is 2.52 bits per heavy atom. The second-order valence-corrected chi connectivity index (χ2v) is 9.37. The van der Waals surface area contributed by atoms with Crippen molar-refractivity contribution in [2.75, 3.05) is 20.0 Å². The molecule has 2 aromatic rings. The molecule has 0 radical (unpaired) electrons. The molecule has 0 saturated carbocycles. The van der Waals surface area contributed by atoms with Gasteiger partial charge in [0, 0.05) is 0 Å². The first-order valence-electron chi connectivity index (χ1n) is 9.57. The zero-order valence-corrected chi connectivity index (χ0v) is 17.3. The number of methoxy groups -OCH3 is 1. The van der Waals surface area contributed by atoms with Crippen LogP contribution in [0.4, 0.5) is 0 Å². The van der Waals surface area contributed by atoms with Crippen molar-refractivity contribution in [3.05, 3.63) is 71.3 Å². The molecule has 7 heteroatoms. The molecule has 1 fully saturated rings. The third-order valence-corrected chi connectivity index (χ3v) is 6.59. The summed E-state index contributed by atoms with van der Waals surface area (Å²) in [6, 6.07) is 17.5. The summed E-state index contributed by atoms with van der Waals surface area (Å²) >= 11 is 0. The number of benzene rings is 2. The van der Waals surface area contributed by atoms with Gasteiger partial charge in [0.25, 0.3) is 10.1 Å². The van der Waals surface area contributed by atoms with Gasteiger partial charge in [0.2, 0.25) is 0 Å². The Labute approximate surface area is 170 Å². The fourth-order valence-electron chi connectivity index (χ4n) is 4.89. The van der Waals surface area contributed by atoms with Crippen molar-refractivity contribution < 1.29 is 26.9 Å². The lowest BCUT2D eigenvalue weighted by atomic mass is 9.64. The Hall–Kier alpha value is -2.22. The van der Waals surface area contributed by atoms with Gasteiger partial charge in [-0.1, -0.05) is 54.6 Å². The van der Waals surface area contributed by atoms with Gasteiger partial charge in [0.15, 0.2) is 0 Å². The maximum atomic E-state index is 13.2. The summed E-state index contributed by atoms with van der Waals surface area (Å²) in [6.45, 7) is -0.0904. The summed E-state index contributed by atoms with van der Waals surface area (Å²) in [5.41, 5.74) is 0.808. The van der Waals surface area contributed by atoms with Gasteiger partial charge in [-0.3, -0.25) is 8.98 Å². The van der Waals surface area contributed by atoms with Crippen molar-refractivity contribution in [3.63, 3.8) is 0 Å². The van der Waals surface area contributed by atoms with Crippen molar-refractivity contribution in [2.24, 2.45) is 5.41 Å². The molecule has 0 aromatic heterocycles. The molecular formula is C22H24O6S. The Morgan fingerprint density at radius 2 is 1.83 bits per heavy atom. The summed E-state index contributed by atoms with van der Waals surface area (Å²) in [4.78, 5) is 13.2. The molecule has 0 N–H and O–H groups in total. The van der Waals surface area contributed by atoms with E-state index >= 15 is 0 Å². The molecule has 0 spiro atoms. The maximum Gasteiger partial charge on any atom is 0.315 e. The van der Waals surface area contributed by atoms with Crippen molar-refractivity contribution in [3.8, 4) is 0 Å². The molecule has 29 heavy (non-hydrogen) atoms. The Kier molecular flexibility index (Phi) is 5.01. The lowest BCUT2D eigenvalue weighted by molar-refractivity contribution is -0.208. The fraction of sp³-hybridized carbons (Fsp3) is 0.409. The molecule has 3 atom stereocenters. The number of carbonyl (C=O) groups excluding carboxylic acids is 1. The molecule has 0 bridgehead atoms. The van der Waals surface area contributed by atoms with Crippen molar-refractivity contribution >= 4 is 16.1 Å². The smallest absolute Gasteiger partial charge is 0.315 e. The minimum absolute atomic E-state index is 0.0904. The summed E-state index contributed by atoms with van der Waals surface area (Å²) in [5, 5.41) is 0. The Bertz CT molecular complexity index is 1020. The number of hydrogen-bond donors (Lipinski definition) is 0. The van der Waals surface area contributed by atoms with E-state index in [0.29, 0.717) is 19.3 Å². The minimum Gasteiger partial charge on any atom is -0.468 e. The summed E-state index contributed by atoms with van der Waals surface area (Å²) in [5.74, 6) is -0.319. The molecule has 4 rings (SSSR count). The van der Waals surface area contributed by atoms with Crippen molar-refractivity contribution in [1.82, 2.24) is 0 Å². The molecule has 0 amide bonds. The van der Waals surface area contributed by atoms with E-state index in [1.54, 1.807) is 0 Å². The molecule has 1 aliphatic heterocycles. The standard InChI is InChI=1S/C22H24O6S/c1-26-20(23)21-13-12-18(15-27-29(2,24)25)28-22(21,17-9-4-3-5-10-17)19-11-7-6-8-16(19)14-21/h3-11,18H,12-15H2,1-2H3/t18-,21-,22+/m0/s1. The fourth-order valence-corrected chi connectivity index (χ4v) is 5.28. The van der Waals surface area contributed by atoms with Crippen LogP contribution in [0.1, 0.15) is 29.5 Å². The second kappa shape index (κ2) is 7.23. The molecule has 154 valence electrons. The largest absolute Gasteiger partial charge is 0.468 e. The van der Waals surface area contributed by atoms with Gasteiger partial charge in [-0.25, -0.2) is 0 Å². The molecule has 6 nitrogen and oxygen atoms in total. The van der Waals surface area contributed by atoms with Gasteiger partial charge in [-0.15, -0.1) is 0 Å². The topological polar surface area (TPSA) is 78.9 Å². The number of fused-ring (bicyclic) bond motifs is 3. The van der Waals surface area contributed by atoms with Gasteiger partial charge < -0.3 is 9.47 Å². The first-order valence-corrected chi connectivity index (χ1v) is 11.4. The van der Waals surface area contributed by atoms with Crippen LogP contribution in [0.15, 0.2) is 54.6 Å². The van der Waals surface area contributed by atoms with E-state index in [1.165, 1.54) is 7.11 Å². The molecule has 1 saturated heterocycles. The average molecular weight is 416 g/mol. The Balaban J connectivity index is 1.89. The van der Waals surface area contributed by atoms with Crippen LogP contribution >= 0.6 is 0 Å². The van der Waals surface area contributed by atoms with Crippen LogP contribution in [0.25, 0.3) is 0 Å². The Morgan fingerprint density at radius 1 is 1.14 bits per heavy atom.